The van der Waals surface area contributed by atoms with Gasteiger partial charge in [-0.3, -0.25) is 10.0 Å². The van der Waals surface area contributed by atoms with Gasteiger partial charge in [-0.1, -0.05) is 54.6 Å². The van der Waals surface area contributed by atoms with Gasteiger partial charge in [0.25, 0.3) is 5.91 Å². The molecule has 1 aliphatic heterocycles. The first-order valence-corrected chi connectivity index (χ1v) is 12.4. The number of likely N-dealkylation sites (tertiary alicyclic amines) is 1. The predicted octanol–water partition coefficient (Wildman–Crippen LogP) is 4.88. The summed E-state index contributed by atoms with van der Waals surface area (Å²) in [6.45, 7) is 7.95. The molecule has 1 amide bonds. The van der Waals surface area contributed by atoms with Crippen LogP contribution in [0.15, 0.2) is 72.3 Å². The Bertz CT molecular complexity index is 1140. The zero-order chi connectivity index (χ0) is 24.6. The molecule has 1 aliphatic rings. The van der Waals surface area contributed by atoms with Gasteiger partial charge in [-0.25, -0.2) is 5.48 Å². The molecule has 0 bridgehead atoms. The summed E-state index contributed by atoms with van der Waals surface area (Å²) in [7, 11) is 0. The molecule has 35 heavy (non-hydrogen) atoms. The SMILES string of the molecule is CC(C)N1CCC(NC/C(=C/c2ccc(C(=O)NO)cc2)COc2cccc3ccccc23)CC1. The highest BCUT2D eigenvalue weighted by molar-refractivity contribution is 5.93. The lowest BCUT2D eigenvalue weighted by Crippen LogP contribution is -2.45. The fourth-order valence-corrected chi connectivity index (χ4v) is 4.56. The van der Waals surface area contributed by atoms with E-state index in [2.05, 4.69) is 48.3 Å². The summed E-state index contributed by atoms with van der Waals surface area (Å²) < 4.78 is 6.31. The number of hydrogen-bond donors (Lipinski definition) is 3. The second-order valence-electron chi connectivity index (χ2n) is 9.42. The molecule has 3 aromatic rings. The van der Waals surface area contributed by atoms with Gasteiger partial charge in [0.2, 0.25) is 0 Å². The van der Waals surface area contributed by atoms with Crippen molar-refractivity contribution in [3.63, 3.8) is 0 Å². The van der Waals surface area contributed by atoms with Gasteiger partial charge in [-0.15, -0.1) is 0 Å². The quantitative estimate of drug-likeness (QED) is 0.305. The predicted molar refractivity (Wildman–Crippen MR) is 141 cm³/mol. The van der Waals surface area contributed by atoms with E-state index in [4.69, 9.17) is 9.94 Å². The van der Waals surface area contributed by atoms with Gasteiger partial charge in [-0.05, 0) is 74.5 Å². The van der Waals surface area contributed by atoms with Crippen molar-refractivity contribution < 1.29 is 14.7 Å². The van der Waals surface area contributed by atoms with Crippen molar-refractivity contribution in [2.75, 3.05) is 26.2 Å². The molecule has 0 aliphatic carbocycles. The Labute approximate surface area is 207 Å². The highest BCUT2D eigenvalue weighted by Crippen LogP contribution is 2.26. The van der Waals surface area contributed by atoms with Crippen molar-refractivity contribution in [3.05, 3.63) is 83.4 Å². The van der Waals surface area contributed by atoms with E-state index in [-0.39, 0.29) is 0 Å². The topological polar surface area (TPSA) is 73.8 Å². The zero-order valence-corrected chi connectivity index (χ0v) is 20.5. The molecule has 3 aromatic carbocycles. The molecule has 0 radical (unpaired) electrons. The molecular formula is C29H35N3O3. The number of carbonyl (C=O) groups excluding carboxylic acids is 1. The van der Waals surface area contributed by atoms with Crippen LogP contribution >= 0.6 is 0 Å². The van der Waals surface area contributed by atoms with E-state index < -0.39 is 5.91 Å². The van der Waals surface area contributed by atoms with Crippen molar-refractivity contribution >= 4 is 22.8 Å². The standard InChI is InChI=1S/C29H35N3O3/c1-21(2)32-16-14-26(15-17-32)30-19-23(18-22-10-12-25(13-11-22)29(33)31-34)20-35-28-9-5-7-24-6-3-4-8-27(24)28/h3-13,18,21,26,30,34H,14-17,19-20H2,1-2H3,(H,31,33)/b23-18-. The minimum Gasteiger partial charge on any atom is -0.489 e. The number of piperidine rings is 1. The number of amides is 1. The van der Waals surface area contributed by atoms with Gasteiger partial charge in [0, 0.05) is 29.6 Å². The Morgan fingerprint density at radius 1 is 1.06 bits per heavy atom. The molecule has 1 saturated heterocycles. The number of carbonyl (C=O) groups is 1. The number of benzene rings is 3. The Morgan fingerprint density at radius 2 is 1.77 bits per heavy atom. The molecule has 0 spiro atoms. The lowest BCUT2D eigenvalue weighted by molar-refractivity contribution is 0.0706. The van der Waals surface area contributed by atoms with Crippen LogP contribution in [0, 0.1) is 0 Å². The van der Waals surface area contributed by atoms with Crippen LogP contribution in [0.3, 0.4) is 0 Å². The molecule has 184 valence electrons. The summed E-state index contributed by atoms with van der Waals surface area (Å²) in [5.41, 5.74) is 4.19. The summed E-state index contributed by atoms with van der Waals surface area (Å²) in [6, 6.07) is 22.6. The van der Waals surface area contributed by atoms with Gasteiger partial charge >= 0.3 is 0 Å². The van der Waals surface area contributed by atoms with E-state index in [1.54, 1.807) is 17.6 Å². The van der Waals surface area contributed by atoms with E-state index in [0.29, 0.717) is 24.3 Å². The number of nitrogens with one attached hydrogen (secondary N) is 2. The second kappa shape index (κ2) is 12.0. The van der Waals surface area contributed by atoms with E-state index >= 15 is 0 Å². The lowest BCUT2D eigenvalue weighted by Gasteiger charge is -2.35. The average molecular weight is 474 g/mol. The first-order chi connectivity index (χ1) is 17.0. The molecule has 0 unspecified atom stereocenters. The van der Waals surface area contributed by atoms with Crippen LogP contribution in [0.1, 0.15) is 42.6 Å². The fraction of sp³-hybridized carbons (Fsp3) is 0.345. The third kappa shape index (κ3) is 6.69. The van der Waals surface area contributed by atoms with Crippen LogP contribution in [-0.4, -0.2) is 54.3 Å². The van der Waals surface area contributed by atoms with Crippen LogP contribution in [-0.2, 0) is 0 Å². The van der Waals surface area contributed by atoms with E-state index in [1.165, 1.54) is 0 Å². The molecule has 6 heteroatoms. The maximum absolute atomic E-state index is 11.6. The maximum atomic E-state index is 11.6. The highest BCUT2D eigenvalue weighted by atomic mass is 16.5. The van der Waals surface area contributed by atoms with Crippen molar-refractivity contribution in [2.24, 2.45) is 0 Å². The largest absolute Gasteiger partial charge is 0.489 e. The number of fused-ring (bicyclic) bond motifs is 1. The molecule has 3 N–H and O–H groups in total. The average Bonchev–Trinajstić information content (AvgIpc) is 2.90. The Morgan fingerprint density at radius 3 is 2.49 bits per heavy atom. The zero-order valence-electron chi connectivity index (χ0n) is 20.5. The summed E-state index contributed by atoms with van der Waals surface area (Å²) in [6.07, 6.45) is 4.39. The maximum Gasteiger partial charge on any atom is 0.274 e. The van der Waals surface area contributed by atoms with Gasteiger partial charge in [0.05, 0.1) is 0 Å². The highest BCUT2D eigenvalue weighted by Gasteiger charge is 2.20. The van der Waals surface area contributed by atoms with Gasteiger partial charge < -0.3 is 15.0 Å². The minimum absolute atomic E-state index is 0.410. The number of ether oxygens (including phenoxy) is 1. The van der Waals surface area contributed by atoms with Crippen LogP contribution in [0.2, 0.25) is 0 Å². The molecule has 6 nitrogen and oxygen atoms in total. The third-order valence-electron chi connectivity index (χ3n) is 6.69. The molecule has 0 saturated carbocycles. The van der Waals surface area contributed by atoms with Crippen molar-refractivity contribution in [2.45, 2.75) is 38.8 Å². The number of hydroxylamine groups is 1. The first-order valence-electron chi connectivity index (χ1n) is 12.4. The van der Waals surface area contributed by atoms with Crippen LogP contribution in [0.5, 0.6) is 5.75 Å². The van der Waals surface area contributed by atoms with Crippen molar-refractivity contribution in [1.29, 1.82) is 0 Å². The molecular weight excluding hydrogens is 438 g/mol. The Kier molecular flexibility index (Phi) is 8.53. The Hall–Kier alpha value is -3.19. The summed E-state index contributed by atoms with van der Waals surface area (Å²) >= 11 is 0. The van der Waals surface area contributed by atoms with Gasteiger partial charge in [0.1, 0.15) is 12.4 Å². The summed E-state index contributed by atoms with van der Waals surface area (Å²) in [5, 5.41) is 14.9. The van der Waals surface area contributed by atoms with E-state index in [9.17, 15) is 4.79 Å². The summed E-state index contributed by atoms with van der Waals surface area (Å²) in [4.78, 5) is 14.2. The molecule has 4 rings (SSSR count). The molecule has 1 fully saturated rings. The monoisotopic (exact) mass is 473 g/mol. The van der Waals surface area contributed by atoms with Crippen molar-refractivity contribution in [3.8, 4) is 5.75 Å². The number of rotatable bonds is 9. The van der Waals surface area contributed by atoms with E-state index in [0.717, 1.165) is 60.1 Å². The normalized spacial score (nSPS) is 15.5. The van der Waals surface area contributed by atoms with Gasteiger partial charge in [-0.2, -0.15) is 0 Å². The second-order valence-corrected chi connectivity index (χ2v) is 9.42. The molecule has 0 aromatic heterocycles. The number of nitrogens with zero attached hydrogens (tertiary/aromatic N) is 1. The number of hydrogen-bond acceptors (Lipinski definition) is 5. The minimum atomic E-state index is -0.519. The summed E-state index contributed by atoms with van der Waals surface area (Å²) in [5.74, 6) is 0.351. The lowest BCUT2D eigenvalue weighted by atomic mass is 10.0. The molecule has 1 heterocycles. The van der Waals surface area contributed by atoms with Gasteiger partial charge in [0.15, 0.2) is 0 Å². The Balaban J connectivity index is 1.47. The van der Waals surface area contributed by atoms with Crippen LogP contribution in [0.25, 0.3) is 16.8 Å². The van der Waals surface area contributed by atoms with Crippen LogP contribution in [0.4, 0.5) is 0 Å². The third-order valence-corrected chi connectivity index (χ3v) is 6.69. The van der Waals surface area contributed by atoms with Crippen molar-refractivity contribution in [1.82, 2.24) is 15.7 Å². The smallest absolute Gasteiger partial charge is 0.274 e. The molecule has 0 atom stereocenters. The van der Waals surface area contributed by atoms with E-state index in [1.807, 2.05) is 36.4 Å². The van der Waals surface area contributed by atoms with Crippen LogP contribution < -0.4 is 15.5 Å². The fourth-order valence-electron chi connectivity index (χ4n) is 4.56. The first kappa shape index (κ1) is 24.9.